The Kier molecular flexibility index (Phi) is 10.0. The second-order valence-electron chi connectivity index (χ2n) is 8.02. The van der Waals surface area contributed by atoms with E-state index >= 15 is 0 Å². The maximum absolute atomic E-state index is 12.9. The number of amides is 4. The quantitative estimate of drug-likeness (QED) is 0.186. The van der Waals surface area contributed by atoms with Crippen LogP contribution in [-0.4, -0.2) is 81.4 Å². The average Bonchev–Trinajstić information content (AvgIpc) is 3.18. The molecule has 1 saturated heterocycles. The Bertz CT molecular complexity index is 756. The number of aliphatic carboxylic acids is 2. The number of carboxylic acids is 2. The minimum absolute atomic E-state index is 0.150. The van der Waals surface area contributed by atoms with E-state index in [1.165, 1.54) is 4.90 Å². The highest BCUT2D eigenvalue weighted by Crippen LogP contribution is 2.20. The second-order valence-corrected chi connectivity index (χ2v) is 8.02. The molecule has 0 radical (unpaired) electrons. The van der Waals surface area contributed by atoms with Crippen molar-refractivity contribution >= 4 is 35.6 Å². The number of carboxylic acid groups (broad SMARTS) is 2. The number of rotatable bonds is 12. The summed E-state index contributed by atoms with van der Waals surface area (Å²) < 4.78 is 0. The summed E-state index contributed by atoms with van der Waals surface area (Å²) in [5.41, 5.74) is 11.0. The highest BCUT2D eigenvalue weighted by molar-refractivity contribution is 5.95. The first-order valence-corrected chi connectivity index (χ1v) is 10.2. The zero-order valence-corrected chi connectivity index (χ0v) is 18.1. The van der Waals surface area contributed by atoms with Gasteiger partial charge in [0.15, 0.2) is 0 Å². The van der Waals surface area contributed by atoms with Crippen molar-refractivity contribution in [2.45, 2.75) is 70.1 Å². The van der Waals surface area contributed by atoms with E-state index < -0.39 is 66.2 Å². The molecule has 0 spiro atoms. The van der Waals surface area contributed by atoms with Crippen molar-refractivity contribution in [3.63, 3.8) is 0 Å². The summed E-state index contributed by atoms with van der Waals surface area (Å²) in [6.07, 6.45) is -0.523. The van der Waals surface area contributed by atoms with Crippen LogP contribution in [-0.2, 0) is 28.8 Å². The van der Waals surface area contributed by atoms with Crippen molar-refractivity contribution < 1.29 is 39.0 Å². The van der Waals surface area contributed by atoms with E-state index in [9.17, 15) is 28.8 Å². The molecule has 0 aromatic rings. The fraction of sp³-hybridized carbons (Fsp3) is 0.684. The van der Waals surface area contributed by atoms with E-state index in [2.05, 4.69) is 5.32 Å². The molecule has 0 aromatic carbocycles. The Morgan fingerprint density at radius 3 is 2.19 bits per heavy atom. The van der Waals surface area contributed by atoms with Crippen LogP contribution < -0.4 is 22.1 Å². The summed E-state index contributed by atoms with van der Waals surface area (Å²) in [6, 6.07) is -4.78. The van der Waals surface area contributed by atoms with Crippen molar-refractivity contribution in [3.8, 4) is 0 Å². The van der Waals surface area contributed by atoms with Gasteiger partial charge in [-0.3, -0.25) is 24.0 Å². The van der Waals surface area contributed by atoms with E-state index in [-0.39, 0.29) is 18.8 Å². The molecule has 1 aliphatic rings. The summed E-state index contributed by atoms with van der Waals surface area (Å²) in [5.74, 6) is -5.97. The average molecular weight is 457 g/mol. The van der Waals surface area contributed by atoms with Gasteiger partial charge < -0.3 is 37.2 Å². The van der Waals surface area contributed by atoms with Crippen molar-refractivity contribution in [1.29, 1.82) is 0 Å². The molecule has 0 saturated carbocycles. The SMILES string of the molecule is CC(C)C(N)C(=O)N1CCCC1C(=O)NC(CCC(N)=O)C(=O)NC(CC(=O)O)C(=O)O. The number of hydrogen-bond acceptors (Lipinski definition) is 7. The van der Waals surface area contributed by atoms with Crippen molar-refractivity contribution in [2.75, 3.05) is 6.54 Å². The molecule has 1 heterocycles. The highest BCUT2D eigenvalue weighted by atomic mass is 16.4. The second kappa shape index (κ2) is 12.0. The van der Waals surface area contributed by atoms with Crippen LogP contribution in [0.3, 0.4) is 0 Å². The Hall–Kier alpha value is -3.22. The van der Waals surface area contributed by atoms with Crippen LogP contribution in [0.15, 0.2) is 0 Å². The van der Waals surface area contributed by atoms with Gasteiger partial charge in [-0.25, -0.2) is 4.79 Å². The molecule has 0 bridgehead atoms. The lowest BCUT2D eigenvalue weighted by Crippen LogP contribution is -2.57. The molecule has 0 aliphatic carbocycles. The molecule has 4 atom stereocenters. The largest absolute Gasteiger partial charge is 0.481 e. The van der Waals surface area contributed by atoms with E-state index in [0.717, 1.165) is 0 Å². The van der Waals surface area contributed by atoms with E-state index in [1.807, 2.05) is 5.32 Å². The molecule has 4 unspecified atom stereocenters. The van der Waals surface area contributed by atoms with E-state index in [1.54, 1.807) is 13.8 Å². The van der Waals surface area contributed by atoms with Gasteiger partial charge in [0.1, 0.15) is 18.1 Å². The molecular weight excluding hydrogens is 426 g/mol. The van der Waals surface area contributed by atoms with Crippen molar-refractivity contribution in [2.24, 2.45) is 17.4 Å². The molecule has 180 valence electrons. The number of nitrogens with one attached hydrogen (secondary N) is 2. The normalized spacial score (nSPS) is 18.5. The molecule has 13 heteroatoms. The van der Waals surface area contributed by atoms with Gasteiger partial charge in [0, 0.05) is 13.0 Å². The van der Waals surface area contributed by atoms with E-state index in [4.69, 9.17) is 21.7 Å². The third kappa shape index (κ3) is 7.80. The molecule has 8 N–H and O–H groups in total. The standard InChI is InChI=1S/C19H31N5O8/c1-9(2)15(21)18(30)24-7-3-4-12(24)17(29)22-10(5-6-13(20)25)16(28)23-11(19(31)32)8-14(26)27/h9-12,15H,3-8,21H2,1-2H3,(H2,20,25)(H,22,29)(H,23,28)(H,26,27)(H,31,32). The molecule has 1 aliphatic heterocycles. The number of carbonyl (C=O) groups is 6. The summed E-state index contributed by atoms with van der Waals surface area (Å²) in [6.45, 7) is 3.86. The molecule has 1 rings (SSSR count). The Labute approximate surface area is 184 Å². The van der Waals surface area contributed by atoms with Crippen LogP contribution in [0.2, 0.25) is 0 Å². The van der Waals surface area contributed by atoms with Crippen LogP contribution in [0.5, 0.6) is 0 Å². The van der Waals surface area contributed by atoms with Gasteiger partial charge in [-0.1, -0.05) is 13.8 Å². The third-order valence-electron chi connectivity index (χ3n) is 5.15. The van der Waals surface area contributed by atoms with Gasteiger partial charge >= 0.3 is 11.9 Å². The van der Waals surface area contributed by atoms with Crippen LogP contribution in [0.1, 0.15) is 46.0 Å². The maximum Gasteiger partial charge on any atom is 0.326 e. The first-order chi connectivity index (χ1) is 14.8. The van der Waals surface area contributed by atoms with Crippen molar-refractivity contribution in [1.82, 2.24) is 15.5 Å². The number of hydrogen-bond donors (Lipinski definition) is 6. The Balaban J connectivity index is 2.96. The number of likely N-dealkylation sites (tertiary alicyclic amines) is 1. The molecular formula is C19H31N5O8. The lowest BCUT2D eigenvalue weighted by Gasteiger charge is -2.29. The highest BCUT2D eigenvalue weighted by Gasteiger charge is 2.38. The summed E-state index contributed by atoms with van der Waals surface area (Å²) in [4.78, 5) is 72.6. The topological polar surface area (TPSA) is 222 Å². The van der Waals surface area contributed by atoms with Gasteiger partial charge in [0.05, 0.1) is 12.5 Å². The van der Waals surface area contributed by atoms with Crippen LogP contribution in [0, 0.1) is 5.92 Å². The summed E-state index contributed by atoms with van der Waals surface area (Å²) in [5, 5.41) is 22.4. The lowest BCUT2D eigenvalue weighted by molar-refractivity contribution is -0.147. The van der Waals surface area contributed by atoms with Gasteiger partial charge in [0.25, 0.3) is 0 Å². The smallest absolute Gasteiger partial charge is 0.326 e. The molecule has 13 nitrogen and oxygen atoms in total. The van der Waals surface area contributed by atoms with Crippen molar-refractivity contribution in [3.05, 3.63) is 0 Å². The maximum atomic E-state index is 12.9. The van der Waals surface area contributed by atoms with Gasteiger partial charge in [-0.15, -0.1) is 0 Å². The van der Waals surface area contributed by atoms with Crippen LogP contribution in [0.4, 0.5) is 0 Å². The minimum atomic E-state index is -1.73. The first kappa shape index (κ1) is 26.8. The molecule has 32 heavy (non-hydrogen) atoms. The monoisotopic (exact) mass is 457 g/mol. The third-order valence-corrected chi connectivity index (χ3v) is 5.15. The number of nitrogens with two attached hydrogens (primary N) is 2. The minimum Gasteiger partial charge on any atom is -0.481 e. The molecule has 0 aromatic heterocycles. The number of carbonyl (C=O) groups excluding carboxylic acids is 4. The number of nitrogens with zero attached hydrogens (tertiary/aromatic N) is 1. The van der Waals surface area contributed by atoms with Crippen LogP contribution in [0.25, 0.3) is 0 Å². The fourth-order valence-corrected chi connectivity index (χ4v) is 3.25. The summed E-state index contributed by atoms with van der Waals surface area (Å²) >= 11 is 0. The van der Waals surface area contributed by atoms with Gasteiger partial charge in [-0.05, 0) is 25.2 Å². The fourth-order valence-electron chi connectivity index (χ4n) is 3.25. The predicted molar refractivity (Wildman–Crippen MR) is 110 cm³/mol. The summed E-state index contributed by atoms with van der Waals surface area (Å²) in [7, 11) is 0. The predicted octanol–water partition coefficient (Wildman–Crippen LogP) is -2.24. The lowest BCUT2D eigenvalue weighted by atomic mass is 10.0. The van der Waals surface area contributed by atoms with Gasteiger partial charge in [-0.2, -0.15) is 0 Å². The number of primary amides is 1. The zero-order valence-electron chi connectivity index (χ0n) is 18.1. The van der Waals surface area contributed by atoms with Crippen LogP contribution >= 0.6 is 0 Å². The first-order valence-electron chi connectivity index (χ1n) is 10.2. The van der Waals surface area contributed by atoms with Gasteiger partial charge in [0.2, 0.25) is 23.6 Å². The molecule has 4 amide bonds. The Morgan fingerprint density at radius 1 is 1.06 bits per heavy atom. The van der Waals surface area contributed by atoms with E-state index in [0.29, 0.717) is 19.4 Å². The zero-order chi connectivity index (χ0) is 24.6. The Morgan fingerprint density at radius 2 is 1.69 bits per heavy atom. The molecule has 1 fully saturated rings.